The number of nitrogens with two attached hydrogens (primary N) is 1. The number of nitrogens with one attached hydrogen (secondary N) is 1. The van der Waals surface area contributed by atoms with E-state index < -0.39 is 0 Å². The van der Waals surface area contributed by atoms with E-state index in [0.29, 0.717) is 5.16 Å². The second-order valence-electron chi connectivity index (χ2n) is 8.23. The summed E-state index contributed by atoms with van der Waals surface area (Å²) < 4.78 is 27.0. The van der Waals surface area contributed by atoms with Crippen LogP contribution in [0.3, 0.4) is 0 Å². The smallest absolute Gasteiger partial charge is 0.253 e. The third-order valence-corrected chi connectivity index (χ3v) is 6.82. The molecular formula is C24H22F2N6OS. The van der Waals surface area contributed by atoms with Crippen molar-refractivity contribution in [1.29, 1.82) is 0 Å². The lowest BCUT2D eigenvalue weighted by Gasteiger charge is -2.29. The topological polar surface area (TPSA) is 100 Å². The van der Waals surface area contributed by atoms with Crippen molar-refractivity contribution in [3.05, 3.63) is 76.9 Å². The van der Waals surface area contributed by atoms with E-state index in [9.17, 15) is 13.6 Å². The Labute approximate surface area is 199 Å². The number of allylic oxidation sites excluding steroid dienone is 1. The van der Waals surface area contributed by atoms with E-state index in [0.717, 1.165) is 41.7 Å². The average Bonchev–Trinajstić information content (AvgIpc) is 3.44. The molecule has 3 N–H and O–H groups in total. The lowest BCUT2D eigenvalue weighted by Crippen LogP contribution is -2.32. The molecule has 2 unspecified atom stereocenters. The van der Waals surface area contributed by atoms with Crippen LogP contribution in [0, 0.1) is 17.6 Å². The number of fused-ring (bicyclic) bond motifs is 1. The lowest BCUT2D eigenvalue weighted by atomic mass is 9.77. The summed E-state index contributed by atoms with van der Waals surface area (Å²) in [6.07, 6.45) is 4.61. The molecule has 0 radical (unpaired) electrons. The van der Waals surface area contributed by atoms with Crippen LogP contribution < -0.4 is 5.73 Å². The van der Waals surface area contributed by atoms with Gasteiger partial charge < -0.3 is 5.73 Å². The van der Waals surface area contributed by atoms with Gasteiger partial charge in [-0.15, -0.1) is 5.10 Å². The number of hydrogen-bond acceptors (Lipinski definition) is 6. The predicted molar refractivity (Wildman–Crippen MR) is 127 cm³/mol. The van der Waals surface area contributed by atoms with Gasteiger partial charge in [-0.2, -0.15) is 10.1 Å². The van der Waals surface area contributed by atoms with Gasteiger partial charge in [0, 0.05) is 5.92 Å². The number of nitrogens with zero attached hydrogens (tertiary/aromatic N) is 4. The molecule has 1 aliphatic heterocycles. The second kappa shape index (κ2) is 9.38. The molecular weight excluding hydrogens is 458 g/mol. The number of nitrogen functional groups attached to an aromatic ring is 1. The molecule has 174 valence electrons. The summed E-state index contributed by atoms with van der Waals surface area (Å²) in [5.41, 5.74) is 9.15. The number of rotatable bonds is 5. The predicted octanol–water partition coefficient (Wildman–Crippen LogP) is 4.58. The number of aromatic nitrogens is 3. The number of carbonyl (C=O) groups is 1. The van der Waals surface area contributed by atoms with Crippen molar-refractivity contribution in [1.82, 2.24) is 20.2 Å². The van der Waals surface area contributed by atoms with E-state index >= 15 is 0 Å². The number of anilines is 1. The van der Waals surface area contributed by atoms with Gasteiger partial charge in [0.2, 0.25) is 11.1 Å². The van der Waals surface area contributed by atoms with Crippen LogP contribution in [-0.4, -0.2) is 37.6 Å². The van der Waals surface area contributed by atoms with E-state index in [1.807, 2.05) is 6.08 Å². The van der Waals surface area contributed by atoms with E-state index in [2.05, 4.69) is 15.2 Å². The molecule has 1 fully saturated rings. The van der Waals surface area contributed by atoms with E-state index in [1.54, 1.807) is 24.3 Å². The number of halogens is 2. The number of carbonyl (C=O) groups excluding carboxylic acids is 1. The Balaban J connectivity index is 1.47. The maximum Gasteiger partial charge on any atom is 0.253 e. The molecule has 10 heteroatoms. The third-order valence-electron chi connectivity index (χ3n) is 5.99. The number of thioether (sulfide) groups is 1. The highest BCUT2D eigenvalue weighted by Crippen LogP contribution is 2.44. The van der Waals surface area contributed by atoms with E-state index in [-0.39, 0.29) is 41.2 Å². The Morgan fingerprint density at radius 1 is 1.15 bits per heavy atom. The summed E-state index contributed by atoms with van der Waals surface area (Å²) in [6, 6.07) is 12.2. The zero-order valence-electron chi connectivity index (χ0n) is 18.1. The lowest BCUT2D eigenvalue weighted by molar-refractivity contribution is -0.130. The van der Waals surface area contributed by atoms with Crippen molar-refractivity contribution in [2.24, 2.45) is 11.0 Å². The maximum absolute atomic E-state index is 13.6. The molecule has 2 atom stereocenters. The largest absolute Gasteiger partial charge is 0.368 e. The van der Waals surface area contributed by atoms with Crippen LogP contribution in [-0.2, 0) is 4.79 Å². The highest BCUT2D eigenvalue weighted by molar-refractivity contribution is 7.99. The molecule has 0 saturated heterocycles. The summed E-state index contributed by atoms with van der Waals surface area (Å²) >= 11 is 1.17. The Bertz CT molecular complexity index is 1260. The third kappa shape index (κ3) is 4.58. The number of aromatic amines is 1. The fourth-order valence-electron chi connectivity index (χ4n) is 4.48. The Hall–Kier alpha value is -3.53. The summed E-state index contributed by atoms with van der Waals surface area (Å²) in [5, 5.41) is 13.2. The van der Waals surface area contributed by atoms with Crippen LogP contribution in [0.1, 0.15) is 36.4 Å². The van der Waals surface area contributed by atoms with Gasteiger partial charge >= 0.3 is 0 Å². The molecule has 3 aromatic rings. The van der Waals surface area contributed by atoms with Crippen molar-refractivity contribution in [2.75, 3.05) is 11.5 Å². The molecule has 2 aliphatic rings. The van der Waals surface area contributed by atoms with Crippen LogP contribution in [0.2, 0.25) is 0 Å². The highest BCUT2D eigenvalue weighted by atomic mass is 32.2. The van der Waals surface area contributed by atoms with Crippen molar-refractivity contribution in [3.8, 4) is 0 Å². The first kappa shape index (κ1) is 22.3. The molecule has 1 aliphatic carbocycles. The summed E-state index contributed by atoms with van der Waals surface area (Å²) in [7, 11) is 0. The molecule has 34 heavy (non-hydrogen) atoms. The molecule has 0 spiro atoms. The Morgan fingerprint density at radius 2 is 1.85 bits per heavy atom. The molecule has 1 amide bonds. The molecule has 5 rings (SSSR count). The van der Waals surface area contributed by atoms with E-state index in [1.165, 1.54) is 41.0 Å². The van der Waals surface area contributed by atoms with Crippen LogP contribution in [0.25, 0.3) is 6.08 Å². The van der Waals surface area contributed by atoms with E-state index in [4.69, 9.17) is 10.8 Å². The fourth-order valence-corrected chi connectivity index (χ4v) is 5.13. The van der Waals surface area contributed by atoms with Gasteiger partial charge in [0.25, 0.3) is 5.91 Å². The van der Waals surface area contributed by atoms with Crippen LogP contribution in [0.15, 0.2) is 64.4 Å². The Kier molecular flexibility index (Phi) is 6.14. The minimum Gasteiger partial charge on any atom is -0.368 e. The van der Waals surface area contributed by atoms with Crippen LogP contribution in [0.5, 0.6) is 0 Å². The SMILES string of the molecule is Nc1nc(SCC(=O)N2N=C3C(=Cc4ccc(F)cc4)CCCC3C2c2ccc(F)cc2)n[nH]1. The van der Waals surface area contributed by atoms with Crippen molar-refractivity contribution < 1.29 is 13.6 Å². The van der Waals surface area contributed by atoms with Crippen LogP contribution in [0.4, 0.5) is 14.7 Å². The minimum atomic E-state index is -0.335. The number of hydrazone groups is 1. The van der Waals surface area contributed by atoms with Gasteiger partial charge in [-0.1, -0.05) is 36.0 Å². The molecule has 0 bridgehead atoms. The first-order valence-electron chi connectivity index (χ1n) is 10.9. The first-order valence-corrected chi connectivity index (χ1v) is 11.9. The van der Waals surface area contributed by atoms with Gasteiger partial charge in [-0.3, -0.25) is 4.79 Å². The maximum atomic E-state index is 13.6. The zero-order valence-corrected chi connectivity index (χ0v) is 18.9. The standard InChI is InChI=1S/C24H22F2N6OS/c25-17-8-4-14(5-9-17)12-16-2-1-3-19-21(16)31-32(22(19)15-6-10-18(26)11-7-15)20(33)13-34-24-28-23(27)29-30-24/h4-12,19,22H,1-3,13H2,(H3,27,28,29,30). The summed E-state index contributed by atoms with van der Waals surface area (Å²) in [5.74, 6) is -0.582. The van der Waals surface area contributed by atoms with Gasteiger partial charge in [0.15, 0.2) is 0 Å². The monoisotopic (exact) mass is 480 g/mol. The van der Waals surface area contributed by atoms with Gasteiger partial charge in [0.05, 0.1) is 17.5 Å². The van der Waals surface area contributed by atoms with Crippen molar-refractivity contribution in [3.63, 3.8) is 0 Å². The van der Waals surface area contributed by atoms with Gasteiger partial charge in [-0.25, -0.2) is 18.9 Å². The highest BCUT2D eigenvalue weighted by Gasteiger charge is 2.43. The fraction of sp³-hybridized carbons (Fsp3) is 0.250. The first-order chi connectivity index (χ1) is 16.5. The minimum absolute atomic E-state index is 0.0148. The molecule has 1 saturated carbocycles. The second-order valence-corrected chi connectivity index (χ2v) is 9.17. The van der Waals surface area contributed by atoms with Gasteiger partial charge in [-0.05, 0) is 66.3 Å². The van der Waals surface area contributed by atoms with Gasteiger partial charge in [0.1, 0.15) is 11.6 Å². The van der Waals surface area contributed by atoms with Crippen LogP contribution >= 0.6 is 11.8 Å². The normalized spacial score (nSPS) is 20.9. The number of amides is 1. The average molecular weight is 481 g/mol. The quantitative estimate of drug-likeness (QED) is 0.521. The number of hydrogen-bond donors (Lipinski definition) is 2. The Morgan fingerprint density at radius 3 is 2.53 bits per heavy atom. The number of benzene rings is 2. The zero-order chi connectivity index (χ0) is 23.7. The summed E-state index contributed by atoms with van der Waals surface area (Å²) in [4.78, 5) is 17.3. The number of H-pyrrole nitrogens is 1. The summed E-state index contributed by atoms with van der Waals surface area (Å²) in [6.45, 7) is 0. The molecule has 7 nitrogen and oxygen atoms in total. The van der Waals surface area contributed by atoms with Crippen molar-refractivity contribution >= 4 is 35.4 Å². The molecule has 2 aromatic carbocycles. The molecule has 1 aromatic heterocycles. The molecule has 2 heterocycles. The van der Waals surface area contributed by atoms with Crippen molar-refractivity contribution in [2.45, 2.75) is 30.5 Å².